The van der Waals surface area contributed by atoms with Gasteiger partial charge >= 0.3 is 0 Å². The van der Waals surface area contributed by atoms with Crippen LogP contribution in [0.2, 0.25) is 0 Å². The zero-order chi connectivity index (χ0) is 14.4. The molecule has 0 saturated carbocycles. The van der Waals surface area contributed by atoms with Crippen molar-refractivity contribution >= 4 is 53.3 Å². The molecule has 0 saturated heterocycles. The number of benzene rings is 2. The summed E-state index contributed by atoms with van der Waals surface area (Å²) in [5, 5.41) is 3.70. The van der Waals surface area contributed by atoms with Gasteiger partial charge in [0.15, 0.2) is 0 Å². The first-order valence-corrected chi connectivity index (χ1v) is 9.69. The van der Waals surface area contributed by atoms with Gasteiger partial charge in [0.1, 0.15) is 0 Å². The SMILES string of the molecule is Brc1cccc2c(C(Br)C3Cc4ccccc4C3)csc12. The van der Waals surface area contributed by atoms with E-state index in [0.717, 1.165) is 0 Å². The zero-order valence-electron chi connectivity index (χ0n) is 11.4. The van der Waals surface area contributed by atoms with Gasteiger partial charge in [-0.2, -0.15) is 0 Å². The lowest BCUT2D eigenvalue weighted by atomic mass is 9.96. The van der Waals surface area contributed by atoms with Gasteiger partial charge in [0, 0.05) is 14.0 Å². The van der Waals surface area contributed by atoms with E-state index < -0.39 is 0 Å². The highest BCUT2D eigenvalue weighted by atomic mass is 79.9. The third-order valence-corrected chi connectivity index (χ3v) is 7.59. The molecule has 2 aromatic carbocycles. The predicted molar refractivity (Wildman–Crippen MR) is 98.5 cm³/mol. The Morgan fingerprint density at radius 3 is 2.43 bits per heavy atom. The Morgan fingerprint density at radius 2 is 1.71 bits per heavy atom. The summed E-state index contributed by atoms with van der Waals surface area (Å²) in [6.45, 7) is 0. The first-order chi connectivity index (χ1) is 10.2. The van der Waals surface area contributed by atoms with Crippen LogP contribution in [0.5, 0.6) is 0 Å². The molecule has 1 atom stereocenters. The average Bonchev–Trinajstić information content (AvgIpc) is 3.11. The Morgan fingerprint density at radius 1 is 1.00 bits per heavy atom. The van der Waals surface area contributed by atoms with E-state index in [9.17, 15) is 0 Å². The van der Waals surface area contributed by atoms with Gasteiger partial charge < -0.3 is 0 Å². The van der Waals surface area contributed by atoms with Gasteiger partial charge in [-0.3, -0.25) is 0 Å². The second-order valence-electron chi connectivity index (χ2n) is 5.65. The molecular weight excluding hydrogens is 408 g/mol. The smallest absolute Gasteiger partial charge is 0.0488 e. The molecule has 4 rings (SSSR count). The van der Waals surface area contributed by atoms with Crippen LogP contribution in [0.15, 0.2) is 52.3 Å². The normalized spacial score (nSPS) is 16.3. The molecule has 3 aromatic rings. The van der Waals surface area contributed by atoms with Gasteiger partial charge in [-0.25, -0.2) is 0 Å². The third kappa shape index (κ3) is 2.39. The number of fused-ring (bicyclic) bond motifs is 2. The van der Waals surface area contributed by atoms with Crippen LogP contribution < -0.4 is 0 Å². The number of rotatable bonds is 2. The Kier molecular flexibility index (Phi) is 3.68. The lowest BCUT2D eigenvalue weighted by Crippen LogP contribution is -2.07. The highest BCUT2D eigenvalue weighted by Crippen LogP contribution is 2.45. The van der Waals surface area contributed by atoms with E-state index >= 15 is 0 Å². The summed E-state index contributed by atoms with van der Waals surface area (Å²) in [5.41, 5.74) is 4.48. The highest BCUT2D eigenvalue weighted by Gasteiger charge is 2.29. The molecule has 0 bridgehead atoms. The Bertz CT molecular complexity index is 781. The average molecular weight is 422 g/mol. The minimum atomic E-state index is 0.424. The van der Waals surface area contributed by atoms with Crippen LogP contribution in [0.3, 0.4) is 0 Å². The van der Waals surface area contributed by atoms with Gasteiger partial charge in [0.25, 0.3) is 0 Å². The van der Waals surface area contributed by atoms with Crippen LogP contribution >= 0.6 is 43.2 Å². The van der Waals surface area contributed by atoms with Crippen LogP contribution in [-0.2, 0) is 12.8 Å². The number of hydrogen-bond donors (Lipinski definition) is 0. The maximum atomic E-state index is 3.99. The molecule has 0 radical (unpaired) electrons. The molecule has 1 aliphatic rings. The molecule has 3 heteroatoms. The van der Waals surface area contributed by atoms with Gasteiger partial charge in [-0.15, -0.1) is 11.3 Å². The Balaban J connectivity index is 1.69. The largest absolute Gasteiger partial charge is 0.142 e. The lowest BCUT2D eigenvalue weighted by Gasteiger charge is -2.17. The topological polar surface area (TPSA) is 0 Å². The summed E-state index contributed by atoms with van der Waals surface area (Å²) in [7, 11) is 0. The number of hydrogen-bond acceptors (Lipinski definition) is 1. The van der Waals surface area contributed by atoms with Gasteiger partial charge in [-0.05, 0) is 68.2 Å². The molecule has 0 spiro atoms. The monoisotopic (exact) mass is 420 g/mol. The van der Waals surface area contributed by atoms with Crippen molar-refractivity contribution in [1.29, 1.82) is 0 Å². The predicted octanol–water partition coefficient (Wildman–Crippen LogP) is 6.51. The van der Waals surface area contributed by atoms with E-state index in [2.05, 4.69) is 79.7 Å². The zero-order valence-corrected chi connectivity index (χ0v) is 15.3. The first-order valence-electron chi connectivity index (χ1n) is 7.10. The van der Waals surface area contributed by atoms with Crippen LogP contribution in [0, 0.1) is 5.92 Å². The number of halogens is 2. The maximum Gasteiger partial charge on any atom is 0.0488 e. The van der Waals surface area contributed by atoms with Crippen molar-refractivity contribution in [3.63, 3.8) is 0 Å². The summed E-state index contributed by atoms with van der Waals surface area (Å²) in [5.74, 6) is 0.652. The van der Waals surface area contributed by atoms with Gasteiger partial charge in [-0.1, -0.05) is 52.3 Å². The van der Waals surface area contributed by atoms with E-state index in [1.54, 1.807) is 0 Å². The Labute approximate surface area is 145 Å². The maximum absolute atomic E-state index is 3.99. The van der Waals surface area contributed by atoms with Gasteiger partial charge in [0.2, 0.25) is 0 Å². The molecule has 21 heavy (non-hydrogen) atoms. The van der Waals surface area contributed by atoms with Crippen LogP contribution in [-0.4, -0.2) is 0 Å². The molecular formula is C18H14Br2S. The summed E-state index contributed by atoms with van der Waals surface area (Å²) >= 11 is 9.48. The summed E-state index contributed by atoms with van der Waals surface area (Å²) in [4.78, 5) is 0.424. The molecule has 1 heterocycles. The molecule has 1 aromatic heterocycles. The number of alkyl halides is 1. The fourth-order valence-electron chi connectivity index (χ4n) is 3.31. The molecule has 1 aliphatic carbocycles. The minimum Gasteiger partial charge on any atom is -0.142 e. The molecule has 0 N–H and O–H groups in total. The summed E-state index contributed by atoms with van der Waals surface area (Å²) in [6.07, 6.45) is 2.36. The van der Waals surface area contributed by atoms with Crippen LogP contribution in [0.4, 0.5) is 0 Å². The first kappa shape index (κ1) is 14.0. The minimum absolute atomic E-state index is 0.424. The summed E-state index contributed by atoms with van der Waals surface area (Å²) in [6, 6.07) is 15.4. The van der Waals surface area contributed by atoms with Gasteiger partial charge in [0.05, 0.1) is 0 Å². The number of thiophene rings is 1. The Hall–Kier alpha value is -0.640. The molecule has 0 nitrogen and oxygen atoms in total. The van der Waals surface area contributed by atoms with E-state index in [-0.39, 0.29) is 0 Å². The molecule has 0 amide bonds. The van der Waals surface area contributed by atoms with Crippen molar-refractivity contribution in [3.8, 4) is 0 Å². The molecule has 106 valence electrons. The van der Waals surface area contributed by atoms with Crippen molar-refractivity contribution in [2.75, 3.05) is 0 Å². The van der Waals surface area contributed by atoms with Crippen molar-refractivity contribution in [2.24, 2.45) is 5.92 Å². The van der Waals surface area contributed by atoms with Crippen molar-refractivity contribution in [1.82, 2.24) is 0 Å². The lowest BCUT2D eigenvalue weighted by molar-refractivity contribution is 0.557. The fraction of sp³-hybridized carbons (Fsp3) is 0.222. The van der Waals surface area contributed by atoms with Crippen molar-refractivity contribution < 1.29 is 0 Å². The van der Waals surface area contributed by atoms with E-state index in [1.165, 1.54) is 44.1 Å². The van der Waals surface area contributed by atoms with Crippen LogP contribution in [0.1, 0.15) is 21.5 Å². The fourth-order valence-corrected chi connectivity index (χ4v) is 5.90. The second kappa shape index (κ2) is 5.53. The second-order valence-corrected chi connectivity index (χ2v) is 8.37. The van der Waals surface area contributed by atoms with Crippen molar-refractivity contribution in [2.45, 2.75) is 17.7 Å². The van der Waals surface area contributed by atoms with E-state index in [1.807, 2.05) is 11.3 Å². The molecule has 1 unspecified atom stereocenters. The standard InChI is InChI=1S/C18H14Br2S/c19-16-7-3-6-14-15(10-21-18(14)16)17(20)13-8-11-4-1-2-5-12(11)9-13/h1-7,10,13,17H,8-9H2. The van der Waals surface area contributed by atoms with E-state index in [0.29, 0.717) is 10.7 Å². The summed E-state index contributed by atoms with van der Waals surface area (Å²) < 4.78 is 2.55. The quantitative estimate of drug-likeness (QED) is 0.413. The van der Waals surface area contributed by atoms with Crippen LogP contribution in [0.25, 0.3) is 10.1 Å². The molecule has 0 fully saturated rings. The highest BCUT2D eigenvalue weighted by molar-refractivity contribution is 9.10. The third-order valence-electron chi connectivity index (χ3n) is 4.38. The molecule has 0 aliphatic heterocycles. The van der Waals surface area contributed by atoms with Crippen molar-refractivity contribution in [3.05, 3.63) is 69.0 Å². The van der Waals surface area contributed by atoms with E-state index in [4.69, 9.17) is 0 Å².